The van der Waals surface area contributed by atoms with Crippen molar-refractivity contribution in [2.45, 2.75) is 26.3 Å². The van der Waals surface area contributed by atoms with Gasteiger partial charge in [0.1, 0.15) is 6.04 Å². The summed E-state index contributed by atoms with van der Waals surface area (Å²) in [6, 6.07) is -0.740. The zero-order chi connectivity index (χ0) is 10.1. The van der Waals surface area contributed by atoms with Crippen LogP contribution in [0.3, 0.4) is 0 Å². The van der Waals surface area contributed by atoms with Crippen molar-refractivity contribution in [1.82, 2.24) is 0 Å². The number of carbonyl (C=O) groups is 1. The van der Waals surface area contributed by atoms with Crippen LogP contribution >= 0.6 is 11.8 Å². The van der Waals surface area contributed by atoms with E-state index < -0.39 is 12.0 Å². The van der Waals surface area contributed by atoms with E-state index in [4.69, 9.17) is 10.8 Å². The Kier molecular flexibility index (Phi) is 3.24. The van der Waals surface area contributed by atoms with Crippen LogP contribution < -0.4 is 5.73 Å². The summed E-state index contributed by atoms with van der Waals surface area (Å²) in [5.41, 5.74) is 5.38. The van der Waals surface area contributed by atoms with Crippen molar-refractivity contribution in [3.63, 3.8) is 0 Å². The Morgan fingerprint density at radius 1 is 1.69 bits per heavy atom. The fraction of sp³-hybridized carbons (Fsp3) is 0.889. The lowest BCUT2D eigenvalue weighted by Crippen LogP contribution is -2.48. The second kappa shape index (κ2) is 3.88. The molecule has 0 aromatic heterocycles. The summed E-state index contributed by atoms with van der Waals surface area (Å²) in [5, 5.41) is 8.85. The molecule has 2 atom stereocenters. The van der Waals surface area contributed by atoms with Crippen molar-refractivity contribution < 1.29 is 9.90 Å². The van der Waals surface area contributed by atoms with Crippen molar-refractivity contribution in [3.8, 4) is 0 Å². The van der Waals surface area contributed by atoms with Gasteiger partial charge in [0.15, 0.2) is 0 Å². The number of carboxylic acids is 1. The molecule has 0 bridgehead atoms. The summed E-state index contributed by atoms with van der Waals surface area (Å²) in [7, 11) is 0. The van der Waals surface area contributed by atoms with E-state index in [-0.39, 0.29) is 5.41 Å². The highest BCUT2D eigenvalue weighted by Crippen LogP contribution is 2.39. The van der Waals surface area contributed by atoms with Gasteiger partial charge in [0.25, 0.3) is 0 Å². The van der Waals surface area contributed by atoms with Gasteiger partial charge in [-0.05, 0) is 29.3 Å². The Morgan fingerprint density at radius 3 is 2.69 bits per heavy atom. The largest absolute Gasteiger partial charge is 0.480 e. The minimum absolute atomic E-state index is 0.282. The highest BCUT2D eigenvalue weighted by atomic mass is 32.2. The van der Waals surface area contributed by atoms with Crippen LogP contribution in [0.25, 0.3) is 0 Å². The number of nitrogens with two attached hydrogens (primary N) is 1. The lowest BCUT2D eigenvalue weighted by molar-refractivity contribution is -0.142. The van der Waals surface area contributed by atoms with Gasteiger partial charge in [-0.2, -0.15) is 11.8 Å². The van der Waals surface area contributed by atoms with E-state index in [0.29, 0.717) is 5.92 Å². The molecule has 0 saturated carbocycles. The third-order valence-corrected chi connectivity index (χ3v) is 4.21. The van der Waals surface area contributed by atoms with Gasteiger partial charge in [-0.3, -0.25) is 4.79 Å². The first-order chi connectivity index (χ1) is 5.96. The normalized spacial score (nSPS) is 25.9. The van der Waals surface area contributed by atoms with Crippen LogP contribution in [0.2, 0.25) is 0 Å². The number of rotatable bonds is 3. The Bertz CT molecular complexity index is 200. The quantitative estimate of drug-likeness (QED) is 0.723. The molecular formula is C9H17NO2S. The molecule has 0 radical (unpaired) electrons. The van der Waals surface area contributed by atoms with Crippen LogP contribution in [0.1, 0.15) is 20.3 Å². The molecule has 1 fully saturated rings. The van der Waals surface area contributed by atoms with E-state index in [1.807, 2.05) is 25.6 Å². The molecule has 0 aromatic rings. The maximum atomic E-state index is 10.8. The summed E-state index contributed by atoms with van der Waals surface area (Å²) in [6.45, 7) is 3.92. The average molecular weight is 203 g/mol. The molecule has 1 rings (SSSR count). The van der Waals surface area contributed by atoms with E-state index in [2.05, 4.69) is 0 Å². The van der Waals surface area contributed by atoms with Gasteiger partial charge in [-0.1, -0.05) is 13.8 Å². The van der Waals surface area contributed by atoms with Crippen molar-refractivity contribution in [2.24, 2.45) is 17.1 Å². The molecule has 1 saturated heterocycles. The Morgan fingerprint density at radius 2 is 2.31 bits per heavy atom. The summed E-state index contributed by atoms with van der Waals surface area (Å²) < 4.78 is 0. The lowest BCUT2D eigenvalue weighted by Gasteiger charge is -2.34. The molecular weight excluding hydrogens is 186 g/mol. The fourth-order valence-electron chi connectivity index (χ4n) is 1.69. The van der Waals surface area contributed by atoms with Crippen LogP contribution in [-0.4, -0.2) is 28.6 Å². The SMILES string of the molecule is CC(C)(C1CCSC1)C(N)C(=O)O. The van der Waals surface area contributed by atoms with Crippen molar-refractivity contribution in [3.05, 3.63) is 0 Å². The molecule has 76 valence electrons. The zero-order valence-corrected chi connectivity index (χ0v) is 8.93. The molecule has 0 amide bonds. The maximum Gasteiger partial charge on any atom is 0.321 e. The summed E-state index contributed by atoms with van der Waals surface area (Å²) in [4.78, 5) is 10.8. The first kappa shape index (κ1) is 10.9. The molecule has 2 unspecified atom stereocenters. The van der Waals surface area contributed by atoms with E-state index in [1.54, 1.807) is 0 Å². The molecule has 0 aromatic carbocycles. The minimum Gasteiger partial charge on any atom is -0.480 e. The molecule has 1 aliphatic rings. The molecule has 4 heteroatoms. The van der Waals surface area contributed by atoms with E-state index in [1.165, 1.54) is 0 Å². The minimum atomic E-state index is -0.887. The second-order valence-corrected chi connectivity index (χ2v) is 5.35. The Labute approximate surface area is 83.1 Å². The number of thioether (sulfide) groups is 1. The number of hydrogen-bond acceptors (Lipinski definition) is 3. The summed E-state index contributed by atoms with van der Waals surface area (Å²) >= 11 is 1.89. The topological polar surface area (TPSA) is 63.3 Å². The first-order valence-electron chi connectivity index (χ1n) is 4.52. The van der Waals surface area contributed by atoms with Gasteiger partial charge in [0.2, 0.25) is 0 Å². The zero-order valence-electron chi connectivity index (χ0n) is 8.12. The third-order valence-electron chi connectivity index (χ3n) is 3.05. The molecule has 3 N–H and O–H groups in total. The van der Waals surface area contributed by atoms with Gasteiger partial charge < -0.3 is 10.8 Å². The molecule has 1 aliphatic heterocycles. The van der Waals surface area contributed by atoms with Crippen LogP contribution in [0.5, 0.6) is 0 Å². The standard InChI is InChI=1S/C9H17NO2S/c1-9(2,7(10)8(11)12)6-3-4-13-5-6/h6-7H,3-5,10H2,1-2H3,(H,11,12). The van der Waals surface area contributed by atoms with Crippen LogP contribution in [0.15, 0.2) is 0 Å². The number of aliphatic carboxylic acids is 1. The van der Waals surface area contributed by atoms with E-state index in [9.17, 15) is 4.79 Å². The average Bonchev–Trinajstić information content (AvgIpc) is 2.54. The van der Waals surface area contributed by atoms with Gasteiger partial charge in [0, 0.05) is 0 Å². The molecule has 0 spiro atoms. The van der Waals surface area contributed by atoms with Gasteiger partial charge in [-0.25, -0.2) is 0 Å². The maximum absolute atomic E-state index is 10.8. The van der Waals surface area contributed by atoms with Gasteiger partial charge >= 0.3 is 5.97 Å². The van der Waals surface area contributed by atoms with Gasteiger partial charge in [0.05, 0.1) is 0 Å². The fourth-order valence-corrected chi connectivity index (χ4v) is 3.19. The summed E-state index contributed by atoms with van der Waals surface area (Å²) in [6.07, 6.45) is 1.10. The van der Waals surface area contributed by atoms with E-state index in [0.717, 1.165) is 17.9 Å². The Balaban J connectivity index is 2.67. The smallest absolute Gasteiger partial charge is 0.321 e. The predicted octanol–water partition coefficient (Wildman–Crippen LogP) is 1.18. The predicted molar refractivity (Wildman–Crippen MR) is 54.8 cm³/mol. The monoisotopic (exact) mass is 203 g/mol. The van der Waals surface area contributed by atoms with Crippen molar-refractivity contribution >= 4 is 17.7 Å². The van der Waals surface area contributed by atoms with Gasteiger partial charge in [-0.15, -0.1) is 0 Å². The van der Waals surface area contributed by atoms with Crippen LogP contribution in [0.4, 0.5) is 0 Å². The summed E-state index contributed by atoms with van der Waals surface area (Å²) in [5.74, 6) is 1.75. The number of carboxylic acid groups (broad SMARTS) is 1. The highest BCUT2D eigenvalue weighted by molar-refractivity contribution is 7.99. The molecule has 0 aliphatic carbocycles. The molecule has 1 heterocycles. The van der Waals surface area contributed by atoms with Crippen LogP contribution in [-0.2, 0) is 4.79 Å². The lowest BCUT2D eigenvalue weighted by atomic mass is 9.73. The Hall–Kier alpha value is -0.220. The van der Waals surface area contributed by atoms with Crippen LogP contribution in [0, 0.1) is 11.3 Å². The first-order valence-corrected chi connectivity index (χ1v) is 5.68. The molecule has 3 nitrogen and oxygen atoms in total. The van der Waals surface area contributed by atoms with Crippen molar-refractivity contribution in [2.75, 3.05) is 11.5 Å². The van der Waals surface area contributed by atoms with Crippen molar-refractivity contribution in [1.29, 1.82) is 0 Å². The highest BCUT2D eigenvalue weighted by Gasteiger charge is 2.40. The number of hydrogen-bond donors (Lipinski definition) is 2. The molecule has 13 heavy (non-hydrogen) atoms. The van der Waals surface area contributed by atoms with E-state index >= 15 is 0 Å². The second-order valence-electron chi connectivity index (χ2n) is 4.20. The third kappa shape index (κ3) is 2.17.